The first-order valence-electron chi connectivity index (χ1n) is 5.73. The Morgan fingerprint density at radius 1 is 1.45 bits per heavy atom. The Bertz CT molecular complexity index is 496. The number of nitrogens with zero attached hydrogens (tertiary/aromatic N) is 1. The van der Waals surface area contributed by atoms with Gasteiger partial charge in [-0.2, -0.15) is 0 Å². The van der Waals surface area contributed by atoms with Gasteiger partial charge in [0.1, 0.15) is 16.7 Å². The zero-order chi connectivity index (χ0) is 14.4. The van der Waals surface area contributed by atoms with Crippen LogP contribution in [0.4, 0.5) is 4.79 Å². The summed E-state index contributed by atoms with van der Waals surface area (Å²) < 4.78 is 6.65. The first kappa shape index (κ1) is 15.3. The van der Waals surface area contributed by atoms with Gasteiger partial charge in [0.15, 0.2) is 0 Å². The number of benzene rings is 1. The quantitative estimate of drug-likeness (QED) is 0.500. The zero-order valence-electron chi connectivity index (χ0n) is 11.0. The molecule has 0 aromatic heterocycles. The molecule has 0 aliphatic carbocycles. The summed E-state index contributed by atoms with van der Waals surface area (Å²) in [5.41, 5.74) is 2.61. The van der Waals surface area contributed by atoms with Gasteiger partial charge in [-0.25, -0.2) is 14.6 Å². The third kappa shape index (κ3) is 4.46. The maximum atomic E-state index is 11.8. The molecule has 0 spiro atoms. The standard InChI is InChI=1S/C12H14N2O3S3/c1-9-11(18-8-16-9)13-17-12(15)14(2)20-19-10-6-4-3-5-7-10/h3-7,13H,8H2,1-2H3. The van der Waals surface area contributed by atoms with Crippen molar-refractivity contribution in [3.05, 3.63) is 41.1 Å². The average molecular weight is 330 g/mol. The number of rotatable bonds is 5. The van der Waals surface area contributed by atoms with E-state index in [-0.39, 0.29) is 0 Å². The summed E-state index contributed by atoms with van der Waals surface area (Å²) in [6.07, 6.45) is -0.466. The van der Waals surface area contributed by atoms with Crippen LogP contribution in [0, 0.1) is 0 Å². The van der Waals surface area contributed by atoms with Crippen molar-refractivity contribution in [2.24, 2.45) is 0 Å². The lowest BCUT2D eigenvalue weighted by atomic mass is 10.4. The molecule has 5 nitrogen and oxygen atoms in total. The number of hydrogen-bond donors (Lipinski definition) is 1. The summed E-state index contributed by atoms with van der Waals surface area (Å²) in [7, 11) is 4.45. The molecule has 2 rings (SSSR count). The van der Waals surface area contributed by atoms with Gasteiger partial charge in [-0.1, -0.05) is 30.0 Å². The first-order valence-corrected chi connectivity index (χ1v) is 8.83. The molecule has 1 aliphatic heterocycles. The smallest absolute Gasteiger partial charge is 0.444 e. The Kier molecular flexibility index (Phi) is 5.81. The van der Waals surface area contributed by atoms with Gasteiger partial charge in [-0.15, -0.1) is 0 Å². The molecule has 0 saturated carbocycles. The van der Waals surface area contributed by atoms with Gasteiger partial charge < -0.3 is 9.57 Å². The van der Waals surface area contributed by atoms with Crippen LogP contribution in [-0.2, 0) is 9.57 Å². The maximum absolute atomic E-state index is 11.8. The van der Waals surface area contributed by atoms with Gasteiger partial charge in [0, 0.05) is 22.9 Å². The van der Waals surface area contributed by atoms with Crippen molar-refractivity contribution in [2.75, 3.05) is 13.0 Å². The maximum Gasteiger partial charge on any atom is 0.444 e. The second-order valence-electron chi connectivity index (χ2n) is 3.73. The highest BCUT2D eigenvalue weighted by Crippen LogP contribution is 2.33. The number of thioether (sulfide) groups is 1. The summed E-state index contributed by atoms with van der Waals surface area (Å²) >= 11 is 1.45. The second-order valence-corrected chi connectivity index (χ2v) is 6.94. The summed E-state index contributed by atoms with van der Waals surface area (Å²) in [6.45, 7) is 1.82. The SMILES string of the molecule is CC1=C(NOC(=O)N(C)SSc2ccccc2)SCO1. The predicted octanol–water partition coefficient (Wildman–Crippen LogP) is 3.82. The van der Waals surface area contributed by atoms with E-state index in [0.29, 0.717) is 5.94 Å². The molecule has 1 aromatic rings. The van der Waals surface area contributed by atoms with Gasteiger partial charge in [-0.3, -0.25) is 0 Å². The van der Waals surface area contributed by atoms with E-state index in [1.54, 1.807) is 7.05 Å². The molecule has 1 aromatic carbocycles. The third-order valence-electron chi connectivity index (χ3n) is 2.28. The Labute approximate surface area is 129 Å². The third-order valence-corrected chi connectivity index (χ3v) is 5.55. The van der Waals surface area contributed by atoms with Crippen LogP contribution >= 0.6 is 33.5 Å². The van der Waals surface area contributed by atoms with Crippen molar-refractivity contribution >= 4 is 39.6 Å². The number of ether oxygens (including phenoxy) is 1. The molecule has 0 saturated heterocycles. The highest BCUT2D eigenvalue weighted by atomic mass is 33.1. The van der Waals surface area contributed by atoms with E-state index in [1.165, 1.54) is 37.8 Å². The summed E-state index contributed by atoms with van der Waals surface area (Å²) in [4.78, 5) is 17.8. The second kappa shape index (κ2) is 7.61. The zero-order valence-corrected chi connectivity index (χ0v) is 13.4. The largest absolute Gasteiger partial charge is 0.484 e. The van der Waals surface area contributed by atoms with E-state index >= 15 is 0 Å². The number of hydrogen-bond acceptors (Lipinski definition) is 7. The van der Waals surface area contributed by atoms with E-state index in [2.05, 4.69) is 5.48 Å². The first-order chi connectivity index (χ1) is 9.66. The number of carbonyl (C=O) groups excluding carboxylic acids is 1. The highest BCUT2D eigenvalue weighted by molar-refractivity contribution is 8.75. The van der Waals surface area contributed by atoms with Gasteiger partial charge in [0.25, 0.3) is 0 Å². The molecule has 108 valence electrons. The van der Waals surface area contributed by atoms with Crippen molar-refractivity contribution in [1.29, 1.82) is 0 Å². The van der Waals surface area contributed by atoms with Crippen LogP contribution in [0.2, 0.25) is 0 Å². The summed E-state index contributed by atoms with van der Waals surface area (Å²) in [5, 5.41) is 0.729. The van der Waals surface area contributed by atoms with E-state index in [0.717, 1.165) is 15.7 Å². The molecular formula is C12H14N2O3S3. The normalized spacial score (nSPS) is 13.9. The highest BCUT2D eigenvalue weighted by Gasteiger charge is 2.17. The van der Waals surface area contributed by atoms with Crippen molar-refractivity contribution in [2.45, 2.75) is 11.8 Å². The molecule has 8 heteroatoms. The number of amides is 1. The molecule has 1 amide bonds. The minimum Gasteiger partial charge on any atom is -0.484 e. The fourth-order valence-corrected chi connectivity index (χ4v) is 3.60. The lowest BCUT2D eigenvalue weighted by molar-refractivity contribution is 0.0958. The fourth-order valence-electron chi connectivity index (χ4n) is 1.20. The van der Waals surface area contributed by atoms with Crippen LogP contribution in [0.25, 0.3) is 0 Å². The Hall–Kier alpha value is -1.12. The van der Waals surface area contributed by atoms with Crippen LogP contribution in [0.15, 0.2) is 46.0 Å². The Balaban J connectivity index is 1.73. The lowest BCUT2D eigenvalue weighted by Gasteiger charge is -2.14. The number of carbonyl (C=O) groups is 1. The molecule has 1 heterocycles. The van der Waals surface area contributed by atoms with Crippen LogP contribution in [0.1, 0.15) is 6.92 Å². The van der Waals surface area contributed by atoms with Crippen molar-refractivity contribution in [3.63, 3.8) is 0 Å². The minimum atomic E-state index is -0.466. The fraction of sp³-hybridized carbons (Fsp3) is 0.250. The van der Waals surface area contributed by atoms with Gasteiger partial charge in [0.2, 0.25) is 0 Å². The number of hydroxylamine groups is 1. The van der Waals surface area contributed by atoms with Gasteiger partial charge in [-0.05, 0) is 29.9 Å². The monoisotopic (exact) mass is 330 g/mol. The van der Waals surface area contributed by atoms with Gasteiger partial charge >= 0.3 is 6.09 Å². The lowest BCUT2D eigenvalue weighted by Crippen LogP contribution is -2.26. The minimum absolute atomic E-state index is 0.466. The Morgan fingerprint density at radius 3 is 2.85 bits per heavy atom. The van der Waals surface area contributed by atoms with Crippen molar-refractivity contribution < 1.29 is 14.4 Å². The molecular weight excluding hydrogens is 316 g/mol. The molecule has 20 heavy (non-hydrogen) atoms. The van der Waals surface area contributed by atoms with E-state index in [9.17, 15) is 4.79 Å². The number of nitrogens with one attached hydrogen (secondary N) is 1. The molecule has 1 aliphatic rings. The average Bonchev–Trinajstić information content (AvgIpc) is 2.88. The summed E-state index contributed by atoms with van der Waals surface area (Å²) in [5.74, 6) is 1.27. The van der Waals surface area contributed by atoms with Crippen LogP contribution in [-0.4, -0.2) is 23.4 Å². The van der Waals surface area contributed by atoms with Crippen molar-refractivity contribution in [3.8, 4) is 0 Å². The molecule has 0 unspecified atom stereocenters. The predicted molar refractivity (Wildman–Crippen MR) is 83.5 cm³/mol. The van der Waals surface area contributed by atoms with E-state index in [1.807, 2.05) is 37.3 Å². The molecule has 0 atom stereocenters. The summed E-state index contributed by atoms with van der Waals surface area (Å²) in [6, 6.07) is 9.82. The molecule has 0 fully saturated rings. The molecule has 1 N–H and O–H groups in total. The van der Waals surface area contributed by atoms with Crippen LogP contribution in [0.5, 0.6) is 0 Å². The Morgan fingerprint density at radius 2 is 2.20 bits per heavy atom. The molecule has 0 radical (unpaired) electrons. The van der Waals surface area contributed by atoms with Gasteiger partial charge in [0.05, 0.1) is 0 Å². The van der Waals surface area contributed by atoms with Crippen molar-refractivity contribution in [1.82, 2.24) is 9.79 Å². The van der Waals surface area contributed by atoms with Crippen LogP contribution in [0.3, 0.4) is 0 Å². The number of allylic oxidation sites excluding steroid dienone is 1. The topological polar surface area (TPSA) is 50.8 Å². The van der Waals surface area contributed by atoms with E-state index < -0.39 is 6.09 Å². The van der Waals surface area contributed by atoms with Crippen LogP contribution < -0.4 is 5.48 Å². The molecule has 0 bridgehead atoms. The van der Waals surface area contributed by atoms with E-state index in [4.69, 9.17) is 9.57 Å².